The Balaban J connectivity index is 2.32. The molecule has 0 aliphatic rings. The second kappa shape index (κ2) is 2.91. The molecule has 0 fully saturated rings. The van der Waals surface area contributed by atoms with Crippen LogP contribution in [0.2, 0.25) is 0 Å². The minimum absolute atomic E-state index is 0.652. The van der Waals surface area contributed by atoms with E-state index in [2.05, 4.69) is 20.0 Å². The topological polar surface area (TPSA) is 56.7 Å². The third kappa shape index (κ3) is 1.13. The van der Waals surface area contributed by atoms with E-state index in [1.165, 1.54) is 0 Å². The summed E-state index contributed by atoms with van der Waals surface area (Å²) in [5.41, 5.74) is 3.12. The Morgan fingerprint density at radius 3 is 2.73 bits per heavy atom. The Labute approximate surface area is 85.3 Å². The lowest BCUT2D eigenvalue weighted by Gasteiger charge is -1.98. The molecule has 0 spiro atoms. The van der Waals surface area contributed by atoms with Crippen molar-refractivity contribution in [3.8, 4) is 5.69 Å². The molecule has 5 heteroatoms. The zero-order chi connectivity index (χ0) is 10.3. The molecule has 0 aliphatic heterocycles. The van der Waals surface area contributed by atoms with Crippen LogP contribution < -0.4 is 0 Å². The molecule has 0 saturated heterocycles. The number of fused-ring (bicyclic) bond motifs is 1. The third-order valence-corrected chi connectivity index (χ3v) is 2.27. The van der Waals surface area contributed by atoms with Gasteiger partial charge in [0.1, 0.15) is 0 Å². The van der Waals surface area contributed by atoms with Crippen molar-refractivity contribution in [3.05, 3.63) is 36.0 Å². The number of rotatable bonds is 1. The Morgan fingerprint density at radius 1 is 1.13 bits per heavy atom. The summed E-state index contributed by atoms with van der Waals surface area (Å²) in [6.07, 6.45) is 0. The van der Waals surface area contributed by atoms with E-state index in [0.29, 0.717) is 11.2 Å². The van der Waals surface area contributed by atoms with Gasteiger partial charge in [0.25, 0.3) is 0 Å². The van der Waals surface area contributed by atoms with Gasteiger partial charge in [-0.3, -0.25) is 0 Å². The van der Waals surface area contributed by atoms with E-state index in [4.69, 9.17) is 0 Å². The quantitative estimate of drug-likeness (QED) is 0.600. The van der Waals surface area contributed by atoms with Crippen LogP contribution in [0.25, 0.3) is 16.9 Å². The van der Waals surface area contributed by atoms with Gasteiger partial charge in [0.2, 0.25) is 5.65 Å². The second-order valence-electron chi connectivity index (χ2n) is 3.27. The molecule has 0 radical (unpaired) electrons. The SMILES string of the molecule is Cc1nn(-c2ccccc2)c2nonc12. The Morgan fingerprint density at radius 2 is 1.93 bits per heavy atom. The second-order valence-corrected chi connectivity index (χ2v) is 3.27. The Kier molecular flexibility index (Phi) is 1.58. The summed E-state index contributed by atoms with van der Waals surface area (Å²) >= 11 is 0. The fourth-order valence-corrected chi connectivity index (χ4v) is 1.54. The molecule has 3 rings (SSSR count). The molecule has 2 aromatic heterocycles. The Hall–Kier alpha value is -2.17. The predicted molar refractivity (Wildman–Crippen MR) is 53.7 cm³/mol. The predicted octanol–water partition coefficient (Wildman–Crippen LogP) is 1.72. The highest BCUT2D eigenvalue weighted by Crippen LogP contribution is 2.17. The molecule has 15 heavy (non-hydrogen) atoms. The van der Waals surface area contributed by atoms with Gasteiger partial charge in [-0.05, 0) is 29.4 Å². The minimum Gasteiger partial charge on any atom is -0.242 e. The lowest BCUT2D eigenvalue weighted by Crippen LogP contribution is -1.96. The van der Waals surface area contributed by atoms with Crippen molar-refractivity contribution in [1.29, 1.82) is 0 Å². The third-order valence-electron chi connectivity index (χ3n) is 2.27. The van der Waals surface area contributed by atoms with Crippen molar-refractivity contribution in [3.63, 3.8) is 0 Å². The number of hydrogen-bond acceptors (Lipinski definition) is 4. The standard InChI is InChI=1S/C10H8N4O/c1-7-9-10(13-15-12-9)14(11-7)8-5-3-2-4-6-8/h2-6H,1H3. The van der Waals surface area contributed by atoms with Crippen LogP contribution >= 0.6 is 0 Å². The maximum atomic E-state index is 4.69. The molecule has 0 saturated carbocycles. The van der Waals surface area contributed by atoms with Gasteiger partial charge in [0.05, 0.1) is 11.4 Å². The summed E-state index contributed by atoms with van der Waals surface area (Å²) in [6, 6.07) is 9.77. The van der Waals surface area contributed by atoms with Crippen LogP contribution in [0, 0.1) is 6.92 Å². The summed E-state index contributed by atoms with van der Waals surface area (Å²) in [5.74, 6) is 0. The molecule has 3 aromatic rings. The van der Waals surface area contributed by atoms with Crippen molar-refractivity contribution in [2.24, 2.45) is 0 Å². The molecule has 74 valence electrons. The van der Waals surface area contributed by atoms with E-state index in [-0.39, 0.29) is 0 Å². The lowest BCUT2D eigenvalue weighted by atomic mass is 10.3. The van der Waals surface area contributed by atoms with E-state index < -0.39 is 0 Å². The van der Waals surface area contributed by atoms with Crippen LogP contribution in [0.3, 0.4) is 0 Å². The normalized spacial score (nSPS) is 11.0. The number of hydrogen-bond donors (Lipinski definition) is 0. The smallest absolute Gasteiger partial charge is 0.227 e. The Bertz CT molecular complexity index is 596. The first-order valence-corrected chi connectivity index (χ1v) is 4.59. The summed E-state index contributed by atoms with van der Waals surface area (Å²) in [5, 5.41) is 12.0. The zero-order valence-corrected chi connectivity index (χ0v) is 8.08. The number of aryl methyl sites for hydroxylation is 1. The van der Waals surface area contributed by atoms with Gasteiger partial charge in [-0.15, -0.1) is 0 Å². The van der Waals surface area contributed by atoms with Gasteiger partial charge in [-0.2, -0.15) is 5.10 Å². The first kappa shape index (κ1) is 8.16. The first-order chi connectivity index (χ1) is 7.36. The van der Waals surface area contributed by atoms with Crippen LogP contribution in [0.4, 0.5) is 0 Å². The highest BCUT2D eigenvalue weighted by molar-refractivity contribution is 5.73. The van der Waals surface area contributed by atoms with Crippen molar-refractivity contribution in [2.75, 3.05) is 0 Å². The summed E-state index contributed by atoms with van der Waals surface area (Å²) < 4.78 is 6.41. The summed E-state index contributed by atoms with van der Waals surface area (Å²) in [6.45, 7) is 1.88. The van der Waals surface area contributed by atoms with Crippen LogP contribution in [-0.2, 0) is 0 Å². The highest BCUT2D eigenvalue weighted by atomic mass is 16.6. The van der Waals surface area contributed by atoms with Gasteiger partial charge >= 0.3 is 0 Å². The maximum Gasteiger partial charge on any atom is 0.227 e. The van der Waals surface area contributed by atoms with E-state index >= 15 is 0 Å². The summed E-state index contributed by atoms with van der Waals surface area (Å²) in [7, 11) is 0. The molecule has 0 unspecified atom stereocenters. The fourth-order valence-electron chi connectivity index (χ4n) is 1.54. The van der Waals surface area contributed by atoms with Gasteiger partial charge in [0, 0.05) is 0 Å². The average molecular weight is 200 g/mol. The molecular formula is C10H8N4O. The number of para-hydroxylation sites is 1. The fraction of sp³-hybridized carbons (Fsp3) is 0.100. The van der Waals surface area contributed by atoms with Crippen molar-refractivity contribution in [1.82, 2.24) is 20.1 Å². The van der Waals surface area contributed by atoms with E-state index in [1.807, 2.05) is 37.3 Å². The number of benzene rings is 1. The average Bonchev–Trinajstić information content (AvgIpc) is 2.84. The first-order valence-electron chi connectivity index (χ1n) is 4.59. The molecule has 0 atom stereocenters. The largest absolute Gasteiger partial charge is 0.242 e. The molecule has 0 N–H and O–H groups in total. The lowest BCUT2D eigenvalue weighted by molar-refractivity contribution is 0.312. The van der Waals surface area contributed by atoms with E-state index in [1.54, 1.807) is 4.68 Å². The number of nitrogens with zero attached hydrogens (tertiary/aromatic N) is 4. The monoisotopic (exact) mass is 200 g/mol. The zero-order valence-electron chi connectivity index (χ0n) is 8.08. The van der Waals surface area contributed by atoms with Crippen LogP contribution in [-0.4, -0.2) is 20.1 Å². The van der Waals surface area contributed by atoms with Crippen LogP contribution in [0.1, 0.15) is 5.69 Å². The summed E-state index contributed by atoms with van der Waals surface area (Å²) in [4.78, 5) is 0. The highest BCUT2D eigenvalue weighted by Gasteiger charge is 2.13. The van der Waals surface area contributed by atoms with Crippen LogP contribution in [0.5, 0.6) is 0 Å². The van der Waals surface area contributed by atoms with Gasteiger partial charge in [-0.1, -0.05) is 18.2 Å². The van der Waals surface area contributed by atoms with E-state index in [0.717, 1.165) is 11.4 Å². The minimum atomic E-state index is 0.652. The molecule has 0 bridgehead atoms. The molecular weight excluding hydrogens is 192 g/mol. The molecule has 2 heterocycles. The molecule has 1 aromatic carbocycles. The molecule has 5 nitrogen and oxygen atoms in total. The van der Waals surface area contributed by atoms with Crippen molar-refractivity contribution in [2.45, 2.75) is 6.92 Å². The maximum absolute atomic E-state index is 4.69. The molecule has 0 amide bonds. The van der Waals surface area contributed by atoms with Gasteiger partial charge in [-0.25, -0.2) is 9.31 Å². The van der Waals surface area contributed by atoms with Gasteiger partial charge < -0.3 is 0 Å². The number of aromatic nitrogens is 4. The van der Waals surface area contributed by atoms with E-state index in [9.17, 15) is 0 Å². The molecule has 0 aliphatic carbocycles. The van der Waals surface area contributed by atoms with Crippen molar-refractivity contribution < 1.29 is 4.63 Å². The van der Waals surface area contributed by atoms with Crippen molar-refractivity contribution >= 4 is 11.2 Å². The van der Waals surface area contributed by atoms with Crippen LogP contribution in [0.15, 0.2) is 35.0 Å². The van der Waals surface area contributed by atoms with Gasteiger partial charge in [0.15, 0.2) is 5.52 Å².